The largest absolute Gasteiger partial charge is 0.452 e. The number of rotatable bonds is 6. The molecule has 27 heavy (non-hydrogen) atoms. The number of carbonyl (C=O) groups excluding carboxylic acids is 2. The fourth-order valence-corrected chi connectivity index (χ4v) is 3.13. The maximum atomic E-state index is 12.1. The molecule has 0 saturated carbocycles. The van der Waals surface area contributed by atoms with Gasteiger partial charge in [-0.25, -0.2) is 4.79 Å². The summed E-state index contributed by atoms with van der Waals surface area (Å²) in [6, 6.07) is 12.9. The van der Waals surface area contributed by atoms with Crippen LogP contribution in [-0.4, -0.2) is 25.1 Å². The molecule has 1 amide bonds. The Morgan fingerprint density at radius 1 is 1.11 bits per heavy atom. The number of esters is 1. The van der Waals surface area contributed by atoms with Gasteiger partial charge in [0.1, 0.15) is 5.75 Å². The molecule has 2 aromatic rings. The van der Waals surface area contributed by atoms with Crippen molar-refractivity contribution in [3.05, 3.63) is 65.2 Å². The van der Waals surface area contributed by atoms with Crippen LogP contribution in [0.3, 0.4) is 0 Å². The summed E-state index contributed by atoms with van der Waals surface area (Å²) in [6.45, 7) is -3.34. The molecule has 1 aliphatic carbocycles. The van der Waals surface area contributed by atoms with E-state index in [4.69, 9.17) is 4.74 Å². The van der Waals surface area contributed by atoms with E-state index in [1.807, 2.05) is 18.2 Å². The van der Waals surface area contributed by atoms with Gasteiger partial charge in [0.15, 0.2) is 6.61 Å². The number of nitrogens with one attached hydrogen (secondary N) is 1. The lowest BCUT2D eigenvalue weighted by Crippen LogP contribution is -2.34. The predicted octanol–water partition coefficient (Wildman–Crippen LogP) is 3.64. The second kappa shape index (κ2) is 8.62. The fraction of sp³-hybridized carbons (Fsp3) is 0.300. The quantitative estimate of drug-likeness (QED) is 0.783. The van der Waals surface area contributed by atoms with Crippen LogP contribution in [-0.2, 0) is 16.0 Å². The number of fused-ring (bicyclic) bond motifs is 1. The molecule has 1 atom stereocenters. The molecule has 0 aliphatic heterocycles. The number of ether oxygens (including phenoxy) is 2. The number of aryl methyl sites for hydroxylation is 1. The van der Waals surface area contributed by atoms with Crippen LogP contribution in [0.15, 0.2) is 48.5 Å². The van der Waals surface area contributed by atoms with Gasteiger partial charge in [-0.1, -0.05) is 24.3 Å². The molecule has 1 aliphatic rings. The van der Waals surface area contributed by atoms with Crippen LogP contribution in [0.4, 0.5) is 8.78 Å². The first-order valence-electron chi connectivity index (χ1n) is 8.62. The van der Waals surface area contributed by atoms with E-state index in [1.54, 1.807) is 0 Å². The van der Waals surface area contributed by atoms with Gasteiger partial charge in [0, 0.05) is 0 Å². The van der Waals surface area contributed by atoms with E-state index < -0.39 is 19.2 Å². The van der Waals surface area contributed by atoms with Crippen molar-refractivity contribution in [1.29, 1.82) is 0 Å². The normalized spacial score (nSPS) is 15.7. The molecule has 0 unspecified atom stereocenters. The zero-order valence-corrected chi connectivity index (χ0v) is 14.5. The minimum Gasteiger partial charge on any atom is -0.452 e. The lowest BCUT2D eigenvalue weighted by Gasteiger charge is -2.26. The highest BCUT2D eigenvalue weighted by Gasteiger charge is 2.22. The fourth-order valence-electron chi connectivity index (χ4n) is 3.13. The standard InChI is InChI=1S/C20H19F2NO4/c21-20(22)27-15-10-8-14(9-11-15)19(25)26-12-18(24)23-17-7-3-5-13-4-1-2-6-16(13)17/h1-2,4,6,8-11,17,20H,3,5,7,12H2,(H,23,24)/t17-/m0/s1. The zero-order valence-electron chi connectivity index (χ0n) is 14.5. The SMILES string of the molecule is O=C(COC(=O)c1ccc(OC(F)F)cc1)N[C@H]1CCCc2ccccc21. The maximum Gasteiger partial charge on any atom is 0.387 e. The number of carbonyl (C=O) groups is 2. The molecule has 7 heteroatoms. The van der Waals surface area contributed by atoms with Crippen LogP contribution in [0.5, 0.6) is 5.75 Å². The smallest absolute Gasteiger partial charge is 0.387 e. The molecular formula is C20H19F2NO4. The monoisotopic (exact) mass is 375 g/mol. The summed E-state index contributed by atoms with van der Waals surface area (Å²) in [5.41, 5.74) is 2.46. The highest BCUT2D eigenvalue weighted by Crippen LogP contribution is 2.29. The van der Waals surface area contributed by atoms with E-state index in [-0.39, 0.29) is 23.3 Å². The van der Waals surface area contributed by atoms with Crippen molar-refractivity contribution in [2.75, 3.05) is 6.61 Å². The van der Waals surface area contributed by atoms with Crippen molar-refractivity contribution >= 4 is 11.9 Å². The van der Waals surface area contributed by atoms with Gasteiger partial charge in [-0.05, 0) is 54.7 Å². The Morgan fingerprint density at radius 3 is 2.59 bits per heavy atom. The van der Waals surface area contributed by atoms with Crippen molar-refractivity contribution in [1.82, 2.24) is 5.32 Å². The lowest BCUT2D eigenvalue weighted by atomic mass is 9.88. The molecule has 0 saturated heterocycles. The van der Waals surface area contributed by atoms with Crippen LogP contribution in [0.1, 0.15) is 40.4 Å². The number of hydrogen-bond acceptors (Lipinski definition) is 4. The molecule has 142 valence electrons. The van der Waals surface area contributed by atoms with Gasteiger partial charge in [-0.15, -0.1) is 0 Å². The van der Waals surface area contributed by atoms with Crippen molar-refractivity contribution in [3.8, 4) is 5.75 Å². The van der Waals surface area contributed by atoms with Gasteiger partial charge in [0.25, 0.3) is 5.91 Å². The molecule has 3 rings (SSSR count). The minimum atomic E-state index is -2.93. The van der Waals surface area contributed by atoms with E-state index in [2.05, 4.69) is 16.1 Å². The number of hydrogen-bond donors (Lipinski definition) is 1. The third-order valence-electron chi connectivity index (χ3n) is 4.35. The van der Waals surface area contributed by atoms with Crippen LogP contribution < -0.4 is 10.1 Å². The van der Waals surface area contributed by atoms with Gasteiger partial charge < -0.3 is 14.8 Å². The molecule has 0 aromatic heterocycles. The van der Waals surface area contributed by atoms with Crippen molar-refractivity contribution in [3.63, 3.8) is 0 Å². The Hall–Kier alpha value is -2.96. The number of amides is 1. The maximum absolute atomic E-state index is 12.1. The van der Waals surface area contributed by atoms with Crippen LogP contribution >= 0.6 is 0 Å². The summed E-state index contributed by atoms with van der Waals surface area (Å²) < 4.78 is 33.4. The van der Waals surface area contributed by atoms with Crippen molar-refractivity contribution in [2.45, 2.75) is 31.9 Å². The molecule has 0 radical (unpaired) electrons. The molecule has 0 fully saturated rings. The van der Waals surface area contributed by atoms with E-state index in [9.17, 15) is 18.4 Å². The second-order valence-electron chi connectivity index (χ2n) is 6.19. The Bertz CT molecular complexity index is 808. The molecule has 2 aromatic carbocycles. The number of benzene rings is 2. The van der Waals surface area contributed by atoms with Crippen LogP contribution in [0, 0.1) is 0 Å². The summed E-state index contributed by atoms with van der Waals surface area (Å²) in [6.07, 6.45) is 2.81. The molecule has 1 N–H and O–H groups in total. The van der Waals surface area contributed by atoms with Gasteiger partial charge in [0.05, 0.1) is 11.6 Å². The van der Waals surface area contributed by atoms with Crippen molar-refractivity contribution in [2.24, 2.45) is 0 Å². The third-order valence-corrected chi connectivity index (χ3v) is 4.35. The van der Waals surface area contributed by atoms with Gasteiger partial charge in [-0.3, -0.25) is 4.79 Å². The Morgan fingerprint density at radius 2 is 1.85 bits per heavy atom. The molecule has 0 bridgehead atoms. The summed E-state index contributed by atoms with van der Waals surface area (Å²) in [5.74, 6) is -1.16. The number of halogens is 2. The Labute approximate surface area is 155 Å². The first-order chi connectivity index (χ1) is 13.0. The zero-order chi connectivity index (χ0) is 19.2. The average molecular weight is 375 g/mol. The lowest BCUT2D eigenvalue weighted by molar-refractivity contribution is -0.125. The number of alkyl halides is 2. The van der Waals surface area contributed by atoms with Crippen LogP contribution in [0.25, 0.3) is 0 Å². The average Bonchev–Trinajstić information content (AvgIpc) is 2.66. The van der Waals surface area contributed by atoms with E-state index in [1.165, 1.54) is 29.8 Å². The highest BCUT2D eigenvalue weighted by atomic mass is 19.3. The van der Waals surface area contributed by atoms with Gasteiger partial charge >= 0.3 is 12.6 Å². The van der Waals surface area contributed by atoms with E-state index >= 15 is 0 Å². The minimum absolute atomic E-state index is 0.0599. The summed E-state index contributed by atoms with van der Waals surface area (Å²) in [4.78, 5) is 24.1. The van der Waals surface area contributed by atoms with E-state index in [0.29, 0.717) is 0 Å². The molecule has 0 heterocycles. The van der Waals surface area contributed by atoms with Gasteiger partial charge in [0.2, 0.25) is 0 Å². The van der Waals surface area contributed by atoms with Gasteiger partial charge in [-0.2, -0.15) is 8.78 Å². The van der Waals surface area contributed by atoms with Crippen molar-refractivity contribution < 1.29 is 27.8 Å². The third kappa shape index (κ3) is 5.03. The molecular weight excluding hydrogens is 356 g/mol. The first kappa shape index (κ1) is 18.8. The van der Waals surface area contributed by atoms with E-state index in [0.717, 1.165) is 24.8 Å². The summed E-state index contributed by atoms with van der Waals surface area (Å²) >= 11 is 0. The second-order valence-corrected chi connectivity index (χ2v) is 6.19. The molecule has 5 nitrogen and oxygen atoms in total. The summed E-state index contributed by atoms with van der Waals surface area (Å²) in [7, 11) is 0. The summed E-state index contributed by atoms with van der Waals surface area (Å²) in [5, 5.41) is 2.89. The topological polar surface area (TPSA) is 64.6 Å². The first-order valence-corrected chi connectivity index (χ1v) is 8.62. The molecule has 0 spiro atoms. The Balaban J connectivity index is 1.51. The van der Waals surface area contributed by atoms with Crippen LogP contribution in [0.2, 0.25) is 0 Å². The highest BCUT2D eigenvalue weighted by molar-refractivity contribution is 5.91. The Kier molecular flexibility index (Phi) is 6.01. The predicted molar refractivity (Wildman–Crippen MR) is 93.6 cm³/mol.